The molecule has 1 aliphatic heterocycles. The molecule has 13 heavy (non-hydrogen) atoms. The van der Waals surface area contributed by atoms with Crippen molar-refractivity contribution in [1.29, 1.82) is 0 Å². The summed E-state index contributed by atoms with van der Waals surface area (Å²) >= 11 is 0. The lowest BCUT2D eigenvalue weighted by Gasteiger charge is -2.00. The summed E-state index contributed by atoms with van der Waals surface area (Å²) in [6.07, 6.45) is 2.05. The van der Waals surface area contributed by atoms with Gasteiger partial charge in [-0.3, -0.25) is 4.79 Å². The van der Waals surface area contributed by atoms with Crippen LogP contribution in [0.5, 0.6) is 0 Å². The Morgan fingerprint density at radius 1 is 1.69 bits per heavy atom. The number of carbonyl (C=O) groups excluding carboxylic acids is 1. The van der Waals surface area contributed by atoms with E-state index in [-0.39, 0.29) is 5.91 Å². The summed E-state index contributed by atoms with van der Waals surface area (Å²) in [7, 11) is 0. The smallest absolute Gasteiger partial charge is 0.262 e. The van der Waals surface area contributed by atoms with E-state index in [9.17, 15) is 4.79 Å². The molecule has 1 aliphatic rings. The van der Waals surface area contributed by atoms with Crippen molar-refractivity contribution in [3.05, 3.63) is 24.2 Å². The maximum absolute atomic E-state index is 10.9. The summed E-state index contributed by atoms with van der Waals surface area (Å²) in [6, 6.07) is 2.97. The van der Waals surface area contributed by atoms with E-state index in [4.69, 9.17) is 10.2 Å². The number of hydrogen-bond acceptors (Lipinski definition) is 4. The van der Waals surface area contributed by atoms with Crippen LogP contribution in [0.25, 0.3) is 0 Å². The summed E-state index contributed by atoms with van der Waals surface area (Å²) in [6.45, 7) is 0. The van der Waals surface area contributed by atoms with Crippen molar-refractivity contribution in [2.24, 2.45) is 10.8 Å². The number of rotatable bonds is 2. The summed E-state index contributed by atoms with van der Waals surface area (Å²) in [5.41, 5.74) is 8.48. The van der Waals surface area contributed by atoms with Crippen molar-refractivity contribution >= 4 is 11.6 Å². The minimum atomic E-state index is -0.634. The van der Waals surface area contributed by atoms with Crippen LogP contribution in [-0.4, -0.2) is 17.7 Å². The Kier molecular flexibility index (Phi) is 1.86. The summed E-state index contributed by atoms with van der Waals surface area (Å²) in [5, 5.41) is 3.80. The number of furan rings is 1. The molecule has 1 aromatic heterocycles. The highest BCUT2D eigenvalue weighted by Crippen LogP contribution is 2.06. The average molecular weight is 179 g/mol. The minimum absolute atomic E-state index is 0.262. The van der Waals surface area contributed by atoms with Crippen molar-refractivity contribution in [2.45, 2.75) is 12.5 Å². The Hall–Kier alpha value is -1.62. The standard InChI is InChI=1S/C8H9N3O2/c9-7-6(10-11-8(7)12)4-5-2-1-3-13-5/h1-3,7H,4,9H2,(H,11,12). The van der Waals surface area contributed by atoms with E-state index in [2.05, 4.69) is 10.5 Å². The van der Waals surface area contributed by atoms with Crippen LogP contribution in [0.4, 0.5) is 0 Å². The Bertz CT molecular complexity index is 342. The van der Waals surface area contributed by atoms with Gasteiger partial charge >= 0.3 is 0 Å². The highest BCUT2D eigenvalue weighted by atomic mass is 16.3. The van der Waals surface area contributed by atoms with Gasteiger partial charge in [0.15, 0.2) is 0 Å². The van der Waals surface area contributed by atoms with Gasteiger partial charge in [-0.15, -0.1) is 0 Å². The van der Waals surface area contributed by atoms with E-state index < -0.39 is 6.04 Å². The van der Waals surface area contributed by atoms with E-state index in [1.54, 1.807) is 12.3 Å². The highest BCUT2D eigenvalue weighted by molar-refractivity contribution is 6.12. The molecule has 0 aliphatic carbocycles. The zero-order chi connectivity index (χ0) is 9.26. The maximum atomic E-state index is 10.9. The molecule has 1 unspecified atom stereocenters. The first-order valence-electron chi connectivity index (χ1n) is 3.91. The van der Waals surface area contributed by atoms with Gasteiger partial charge in [0.2, 0.25) is 0 Å². The van der Waals surface area contributed by atoms with Gasteiger partial charge in [-0.25, -0.2) is 5.43 Å². The molecule has 2 heterocycles. The van der Waals surface area contributed by atoms with Crippen LogP contribution in [0, 0.1) is 0 Å². The summed E-state index contributed by atoms with van der Waals surface area (Å²) in [5.74, 6) is 0.493. The van der Waals surface area contributed by atoms with Gasteiger partial charge in [0.25, 0.3) is 5.91 Å². The number of nitrogens with one attached hydrogen (secondary N) is 1. The van der Waals surface area contributed by atoms with Crippen LogP contribution in [0.2, 0.25) is 0 Å². The van der Waals surface area contributed by atoms with Gasteiger partial charge < -0.3 is 10.2 Å². The number of hydrogen-bond donors (Lipinski definition) is 2. The molecule has 68 valence electrons. The zero-order valence-electron chi connectivity index (χ0n) is 6.86. The average Bonchev–Trinajstić information content (AvgIpc) is 2.71. The monoisotopic (exact) mass is 179 g/mol. The Labute approximate surface area is 74.6 Å². The van der Waals surface area contributed by atoms with E-state index >= 15 is 0 Å². The first-order valence-corrected chi connectivity index (χ1v) is 3.91. The lowest BCUT2D eigenvalue weighted by Crippen LogP contribution is -2.37. The van der Waals surface area contributed by atoms with Crippen molar-refractivity contribution < 1.29 is 9.21 Å². The van der Waals surface area contributed by atoms with E-state index in [0.717, 1.165) is 5.76 Å². The predicted molar refractivity (Wildman–Crippen MR) is 46.0 cm³/mol. The van der Waals surface area contributed by atoms with Crippen molar-refractivity contribution in [3.63, 3.8) is 0 Å². The lowest BCUT2D eigenvalue weighted by atomic mass is 10.1. The Balaban J connectivity index is 2.08. The summed E-state index contributed by atoms with van der Waals surface area (Å²) < 4.78 is 5.10. The largest absolute Gasteiger partial charge is 0.469 e. The molecule has 0 saturated heterocycles. The molecule has 0 spiro atoms. The van der Waals surface area contributed by atoms with Gasteiger partial charge in [0.05, 0.1) is 12.0 Å². The van der Waals surface area contributed by atoms with Crippen molar-refractivity contribution in [1.82, 2.24) is 5.43 Å². The number of nitrogens with two attached hydrogens (primary N) is 1. The SMILES string of the molecule is NC1C(=O)NN=C1Cc1ccco1. The number of amides is 1. The first kappa shape index (κ1) is 8.00. The second-order valence-corrected chi connectivity index (χ2v) is 2.81. The van der Waals surface area contributed by atoms with Gasteiger partial charge in [-0.05, 0) is 12.1 Å². The fourth-order valence-corrected chi connectivity index (χ4v) is 1.16. The predicted octanol–water partition coefficient (Wildman–Crippen LogP) is -0.365. The van der Waals surface area contributed by atoms with Crippen molar-refractivity contribution in [2.75, 3.05) is 0 Å². The fraction of sp³-hybridized carbons (Fsp3) is 0.250. The number of hydrazone groups is 1. The Morgan fingerprint density at radius 3 is 3.08 bits per heavy atom. The molecular weight excluding hydrogens is 170 g/mol. The molecule has 0 bridgehead atoms. The molecule has 3 N–H and O–H groups in total. The van der Waals surface area contributed by atoms with E-state index in [1.165, 1.54) is 0 Å². The molecule has 5 nitrogen and oxygen atoms in total. The molecule has 0 fully saturated rings. The van der Waals surface area contributed by atoms with Crippen LogP contribution in [0.15, 0.2) is 27.9 Å². The molecule has 0 saturated carbocycles. The molecule has 5 heteroatoms. The van der Waals surface area contributed by atoms with E-state index in [1.807, 2.05) is 6.07 Å². The van der Waals surface area contributed by atoms with Crippen LogP contribution >= 0.6 is 0 Å². The molecule has 1 aromatic rings. The second kappa shape index (κ2) is 3.02. The van der Waals surface area contributed by atoms with Crippen LogP contribution in [0.3, 0.4) is 0 Å². The van der Waals surface area contributed by atoms with Crippen LogP contribution in [-0.2, 0) is 11.2 Å². The quantitative estimate of drug-likeness (QED) is 0.650. The third-order valence-corrected chi connectivity index (χ3v) is 1.89. The Morgan fingerprint density at radius 2 is 2.54 bits per heavy atom. The minimum Gasteiger partial charge on any atom is -0.469 e. The third kappa shape index (κ3) is 1.46. The molecule has 0 radical (unpaired) electrons. The van der Waals surface area contributed by atoms with Crippen LogP contribution < -0.4 is 11.2 Å². The van der Waals surface area contributed by atoms with Crippen molar-refractivity contribution in [3.8, 4) is 0 Å². The first-order chi connectivity index (χ1) is 6.27. The highest BCUT2D eigenvalue weighted by Gasteiger charge is 2.26. The maximum Gasteiger partial charge on any atom is 0.262 e. The normalized spacial score (nSPS) is 21.5. The van der Waals surface area contributed by atoms with Gasteiger partial charge in [-0.1, -0.05) is 0 Å². The zero-order valence-corrected chi connectivity index (χ0v) is 6.86. The topological polar surface area (TPSA) is 80.6 Å². The molecule has 2 rings (SSSR count). The lowest BCUT2D eigenvalue weighted by molar-refractivity contribution is -0.120. The molecular formula is C8H9N3O2. The summed E-state index contributed by atoms with van der Waals surface area (Å²) in [4.78, 5) is 10.9. The third-order valence-electron chi connectivity index (χ3n) is 1.89. The molecule has 1 atom stereocenters. The number of nitrogens with zero attached hydrogens (tertiary/aromatic N) is 1. The van der Waals surface area contributed by atoms with E-state index in [0.29, 0.717) is 12.1 Å². The number of carbonyl (C=O) groups is 1. The molecule has 1 amide bonds. The second-order valence-electron chi connectivity index (χ2n) is 2.81. The fourth-order valence-electron chi connectivity index (χ4n) is 1.16. The molecule has 0 aromatic carbocycles. The van der Waals surface area contributed by atoms with Gasteiger partial charge in [-0.2, -0.15) is 5.10 Å². The van der Waals surface area contributed by atoms with Gasteiger partial charge in [0, 0.05) is 6.42 Å². The van der Waals surface area contributed by atoms with Crippen LogP contribution in [0.1, 0.15) is 5.76 Å². The van der Waals surface area contributed by atoms with Gasteiger partial charge in [0.1, 0.15) is 11.8 Å².